The van der Waals surface area contributed by atoms with E-state index in [1.165, 1.54) is 11.3 Å². The lowest BCUT2D eigenvalue weighted by molar-refractivity contribution is 0.0890. The van der Waals surface area contributed by atoms with E-state index < -0.39 is 0 Å². The SMILES string of the molecule is CC(=O)c1cc(CN2CCN(C)[C@H](c3ccccc3)C2)n(C)c1. The molecule has 2 aromatic rings. The summed E-state index contributed by atoms with van der Waals surface area (Å²) in [6.07, 6.45) is 1.93. The first-order valence-corrected chi connectivity index (χ1v) is 8.18. The van der Waals surface area contributed by atoms with Crippen molar-refractivity contribution in [3.05, 3.63) is 59.4 Å². The molecule has 23 heavy (non-hydrogen) atoms. The van der Waals surface area contributed by atoms with Crippen LogP contribution in [0.1, 0.15) is 34.6 Å². The summed E-state index contributed by atoms with van der Waals surface area (Å²) in [4.78, 5) is 16.5. The van der Waals surface area contributed by atoms with Gasteiger partial charge in [0, 0.05) is 56.7 Å². The molecule has 0 unspecified atom stereocenters. The van der Waals surface area contributed by atoms with Gasteiger partial charge in [0.2, 0.25) is 0 Å². The second kappa shape index (κ2) is 6.69. The molecule has 1 aliphatic rings. The predicted octanol–water partition coefficient (Wildman–Crippen LogP) is 2.72. The van der Waals surface area contributed by atoms with Crippen LogP contribution in [-0.2, 0) is 13.6 Å². The highest BCUT2D eigenvalue weighted by molar-refractivity contribution is 5.94. The van der Waals surface area contributed by atoms with Gasteiger partial charge in [-0.1, -0.05) is 30.3 Å². The summed E-state index contributed by atoms with van der Waals surface area (Å²) in [5.41, 5.74) is 3.37. The first kappa shape index (κ1) is 16.0. The topological polar surface area (TPSA) is 28.5 Å². The lowest BCUT2D eigenvalue weighted by Gasteiger charge is -2.39. The Morgan fingerprint density at radius 1 is 1.17 bits per heavy atom. The van der Waals surface area contributed by atoms with Crippen LogP contribution < -0.4 is 0 Å². The second-order valence-corrected chi connectivity index (χ2v) is 6.53. The number of hydrogen-bond acceptors (Lipinski definition) is 3. The van der Waals surface area contributed by atoms with Gasteiger partial charge in [0.25, 0.3) is 0 Å². The van der Waals surface area contributed by atoms with Crippen LogP contribution in [0.4, 0.5) is 0 Å². The number of nitrogens with zero attached hydrogens (tertiary/aromatic N) is 3. The molecule has 3 rings (SSSR count). The summed E-state index contributed by atoms with van der Waals surface area (Å²) >= 11 is 0. The minimum atomic E-state index is 0.132. The average molecular weight is 311 g/mol. The number of aromatic nitrogens is 1. The molecule has 1 fully saturated rings. The van der Waals surface area contributed by atoms with Crippen LogP contribution in [0.5, 0.6) is 0 Å². The maximum atomic E-state index is 11.5. The zero-order valence-electron chi connectivity index (χ0n) is 14.2. The number of aryl methyl sites for hydroxylation is 1. The maximum Gasteiger partial charge on any atom is 0.161 e. The van der Waals surface area contributed by atoms with Crippen LogP contribution in [0.2, 0.25) is 0 Å². The van der Waals surface area contributed by atoms with Gasteiger partial charge in [-0.3, -0.25) is 14.6 Å². The first-order chi connectivity index (χ1) is 11.0. The Morgan fingerprint density at radius 3 is 2.57 bits per heavy atom. The van der Waals surface area contributed by atoms with E-state index in [9.17, 15) is 4.79 Å². The van der Waals surface area contributed by atoms with Gasteiger partial charge >= 0.3 is 0 Å². The summed E-state index contributed by atoms with van der Waals surface area (Å²) in [5.74, 6) is 0.132. The van der Waals surface area contributed by atoms with Crippen LogP contribution >= 0.6 is 0 Å². The lowest BCUT2D eigenvalue weighted by atomic mass is 10.0. The number of carbonyl (C=O) groups is 1. The van der Waals surface area contributed by atoms with E-state index in [0.717, 1.165) is 31.7 Å². The predicted molar refractivity (Wildman–Crippen MR) is 92.5 cm³/mol. The number of carbonyl (C=O) groups excluding carboxylic acids is 1. The molecule has 0 amide bonds. The van der Waals surface area contributed by atoms with Crippen LogP contribution in [0.15, 0.2) is 42.6 Å². The van der Waals surface area contributed by atoms with Crippen molar-refractivity contribution in [2.24, 2.45) is 7.05 Å². The highest BCUT2D eigenvalue weighted by Crippen LogP contribution is 2.25. The summed E-state index contributed by atoms with van der Waals surface area (Å²) in [5, 5.41) is 0. The molecule has 0 saturated carbocycles. The zero-order valence-corrected chi connectivity index (χ0v) is 14.2. The molecule has 122 valence electrons. The van der Waals surface area contributed by atoms with E-state index in [4.69, 9.17) is 0 Å². The molecular weight excluding hydrogens is 286 g/mol. The number of ketones is 1. The third kappa shape index (κ3) is 3.54. The Hall–Kier alpha value is -1.91. The highest BCUT2D eigenvalue weighted by atomic mass is 16.1. The summed E-state index contributed by atoms with van der Waals surface area (Å²) in [6, 6.07) is 13.2. The van der Waals surface area contributed by atoms with Crippen LogP contribution in [0.3, 0.4) is 0 Å². The van der Waals surface area contributed by atoms with Crippen molar-refractivity contribution in [1.29, 1.82) is 0 Å². The Morgan fingerprint density at radius 2 is 1.91 bits per heavy atom. The monoisotopic (exact) mass is 311 g/mol. The summed E-state index contributed by atoms with van der Waals surface area (Å²) in [6.45, 7) is 5.65. The van der Waals surface area contributed by atoms with Gasteiger partial charge in [-0.05, 0) is 25.6 Å². The Kier molecular flexibility index (Phi) is 4.64. The van der Waals surface area contributed by atoms with Crippen molar-refractivity contribution in [2.45, 2.75) is 19.5 Å². The van der Waals surface area contributed by atoms with E-state index in [-0.39, 0.29) is 5.78 Å². The number of hydrogen-bond donors (Lipinski definition) is 0. The van der Waals surface area contributed by atoms with Gasteiger partial charge in [0.05, 0.1) is 0 Å². The standard InChI is InChI=1S/C19H25N3O/c1-15(23)17-11-18(21(3)12-17)13-22-10-9-20(2)19(14-22)16-7-5-4-6-8-16/h4-8,11-12,19H,9-10,13-14H2,1-3H3/t19-/m0/s1. The number of rotatable bonds is 4. The fourth-order valence-electron chi connectivity index (χ4n) is 3.30. The highest BCUT2D eigenvalue weighted by Gasteiger charge is 2.26. The fourth-order valence-corrected chi connectivity index (χ4v) is 3.30. The van der Waals surface area contributed by atoms with Crippen molar-refractivity contribution in [3.8, 4) is 0 Å². The van der Waals surface area contributed by atoms with Gasteiger partial charge < -0.3 is 4.57 Å². The molecule has 0 bridgehead atoms. The molecule has 1 aliphatic heterocycles. The lowest BCUT2D eigenvalue weighted by Crippen LogP contribution is -2.46. The van der Waals surface area contributed by atoms with E-state index in [1.807, 2.05) is 19.3 Å². The number of benzene rings is 1. The smallest absolute Gasteiger partial charge is 0.161 e. The molecule has 1 aromatic carbocycles. The second-order valence-electron chi connectivity index (χ2n) is 6.53. The van der Waals surface area contributed by atoms with E-state index in [2.05, 4.69) is 51.7 Å². The molecule has 1 atom stereocenters. The van der Waals surface area contributed by atoms with Gasteiger partial charge in [-0.2, -0.15) is 0 Å². The molecule has 1 aromatic heterocycles. The summed E-state index contributed by atoms with van der Waals surface area (Å²) < 4.78 is 2.08. The summed E-state index contributed by atoms with van der Waals surface area (Å²) in [7, 11) is 4.22. The Balaban J connectivity index is 1.73. The largest absolute Gasteiger partial charge is 0.353 e. The van der Waals surface area contributed by atoms with Gasteiger partial charge in [-0.15, -0.1) is 0 Å². The van der Waals surface area contributed by atoms with Crippen LogP contribution in [0.25, 0.3) is 0 Å². The number of Topliss-reactive ketones (excluding diaryl/α,β-unsaturated/α-hetero) is 1. The van der Waals surface area contributed by atoms with E-state index >= 15 is 0 Å². The Bertz CT molecular complexity index is 677. The molecule has 0 spiro atoms. The molecule has 0 radical (unpaired) electrons. The molecule has 4 heteroatoms. The van der Waals surface area contributed by atoms with Crippen LogP contribution in [0, 0.1) is 0 Å². The normalized spacial score (nSPS) is 19.9. The maximum absolute atomic E-state index is 11.5. The molecule has 0 aliphatic carbocycles. The Labute approximate surface area is 138 Å². The molecule has 0 N–H and O–H groups in total. The van der Waals surface area contributed by atoms with Crippen molar-refractivity contribution < 1.29 is 4.79 Å². The van der Waals surface area contributed by atoms with E-state index in [1.54, 1.807) is 6.92 Å². The van der Waals surface area contributed by atoms with Crippen molar-refractivity contribution in [1.82, 2.24) is 14.4 Å². The first-order valence-electron chi connectivity index (χ1n) is 8.18. The van der Waals surface area contributed by atoms with Crippen LogP contribution in [-0.4, -0.2) is 46.8 Å². The molecular formula is C19H25N3O. The number of piperazine rings is 1. The minimum Gasteiger partial charge on any atom is -0.353 e. The molecule has 2 heterocycles. The zero-order chi connectivity index (χ0) is 16.4. The van der Waals surface area contributed by atoms with Gasteiger partial charge in [-0.25, -0.2) is 0 Å². The van der Waals surface area contributed by atoms with Crippen molar-refractivity contribution in [2.75, 3.05) is 26.7 Å². The minimum absolute atomic E-state index is 0.132. The third-order valence-corrected chi connectivity index (χ3v) is 4.82. The van der Waals surface area contributed by atoms with Crippen molar-refractivity contribution in [3.63, 3.8) is 0 Å². The molecule has 4 nitrogen and oxygen atoms in total. The fraction of sp³-hybridized carbons (Fsp3) is 0.421. The van der Waals surface area contributed by atoms with Gasteiger partial charge in [0.15, 0.2) is 5.78 Å². The quantitative estimate of drug-likeness (QED) is 0.813. The molecule has 1 saturated heterocycles. The van der Waals surface area contributed by atoms with Gasteiger partial charge in [0.1, 0.15) is 0 Å². The van der Waals surface area contributed by atoms with Crippen molar-refractivity contribution >= 4 is 5.78 Å². The third-order valence-electron chi connectivity index (χ3n) is 4.82. The number of likely N-dealkylation sites (N-methyl/N-ethyl adjacent to an activating group) is 1. The average Bonchev–Trinajstić information content (AvgIpc) is 2.91. The van der Waals surface area contributed by atoms with E-state index in [0.29, 0.717) is 6.04 Å².